The van der Waals surface area contributed by atoms with Crippen LogP contribution in [0.15, 0.2) is 59.2 Å². The first kappa shape index (κ1) is 22.5. The predicted octanol–water partition coefficient (Wildman–Crippen LogP) is 4.98. The first-order valence-electron chi connectivity index (χ1n) is 10.0. The van der Waals surface area contributed by atoms with Crippen molar-refractivity contribution in [3.63, 3.8) is 0 Å². The van der Waals surface area contributed by atoms with Gasteiger partial charge < -0.3 is 34.6 Å². The van der Waals surface area contributed by atoms with Crippen LogP contribution < -0.4 is 30.2 Å². The summed E-state index contributed by atoms with van der Waals surface area (Å²) < 4.78 is 21.7. The summed E-state index contributed by atoms with van der Waals surface area (Å²) in [7, 11) is 1.52. The van der Waals surface area contributed by atoms with Crippen LogP contribution in [0, 0.1) is 0 Å². The molecule has 3 rings (SSSR count). The zero-order valence-electron chi connectivity index (χ0n) is 18.1. The van der Waals surface area contributed by atoms with Gasteiger partial charge in [0.1, 0.15) is 17.2 Å². The third-order valence-corrected chi connectivity index (χ3v) is 4.28. The molecule has 3 N–H and O–H groups in total. The minimum Gasteiger partial charge on any atom is -0.495 e. The molecule has 2 aromatic carbocycles. The molecule has 1 heterocycles. The zero-order chi connectivity index (χ0) is 22.9. The highest BCUT2D eigenvalue weighted by atomic mass is 16.5. The van der Waals surface area contributed by atoms with E-state index in [1.807, 2.05) is 13.8 Å². The Morgan fingerprint density at radius 1 is 0.812 bits per heavy atom. The summed E-state index contributed by atoms with van der Waals surface area (Å²) in [6, 6.07) is 12.9. The summed E-state index contributed by atoms with van der Waals surface area (Å²) in [6.07, 6.45) is 1.41. The number of hydrogen-bond donors (Lipinski definition) is 3. The lowest BCUT2D eigenvalue weighted by Gasteiger charge is -2.18. The van der Waals surface area contributed by atoms with Crippen molar-refractivity contribution < 1.29 is 28.2 Å². The van der Waals surface area contributed by atoms with Crippen molar-refractivity contribution in [2.45, 2.75) is 13.8 Å². The minimum absolute atomic E-state index is 0.156. The number of urea groups is 1. The molecule has 0 saturated heterocycles. The highest BCUT2D eigenvalue weighted by molar-refractivity contribution is 6.05. The second-order valence-electron chi connectivity index (χ2n) is 6.42. The number of amides is 3. The van der Waals surface area contributed by atoms with Gasteiger partial charge in [-0.25, -0.2) is 4.79 Å². The van der Waals surface area contributed by atoms with Gasteiger partial charge >= 0.3 is 6.03 Å². The molecule has 3 aromatic rings. The number of methoxy groups -OCH3 is 1. The van der Waals surface area contributed by atoms with Crippen LogP contribution in [0.25, 0.3) is 0 Å². The van der Waals surface area contributed by atoms with E-state index in [0.29, 0.717) is 47.5 Å². The number of furan rings is 1. The average molecular weight is 439 g/mol. The molecule has 0 bridgehead atoms. The second kappa shape index (κ2) is 10.8. The lowest BCUT2D eigenvalue weighted by atomic mass is 10.2. The summed E-state index contributed by atoms with van der Waals surface area (Å²) in [5.74, 6) is 0.972. The van der Waals surface area contributed by atoms with Crippen molar-refractivity contribution >= 4 is 29.0 Å². The monoisotopic (exact) mass is 439 g/mol. The van der Waals surface area contributed by atoms with Gasteiger partial charge in [-0.1, -0.05) is 12.1 Å². The van der Waals surface area contributed by atoms with Crippen molar-refractivity contribution in [2.24, 2.45) is 0 Å². The minimum atomic E-state index is -0.495. The Hall–Kier alpha value is -4.14. The molecule has 0 fully saturated rings. The van der Waals surface area contributed by atoms with Gasteiger partial charge in [0, 0.05) is 12.1 Å². The van der Waals surface area contributed by atoms with E-state index < -0.39 is 11.9 Å². The lowest BCUT2D eigenvalue weighted by molar-refractivity contribution is 0.0996. The summed E-state index contributed by atoms with van der Waals surface area (Å²) in [6.45, 7) is 4.33. The molecule has 9 nitrogen and oxygen atoms in total. The van der Waals surface area contributed by atoms with Crippen LogP contribution in [-0.4, -0.2) is 32.3 Å². The van der Waals surface area contributed by atoms with Gasteiger partial charge in [0.05, 0.1) is 43.6 Å². The number of rotatable bonds is 9. The number of carbonyl (C=O) groups is 2. The summed E-state index contributed by atoms with van der Waals surface area (Å²) in [5, 5.41) is 8.25. The number of nitrogens with one attached hydrogen (secondary N) is 3. The molecule has 3 amide bonds. The molecule has 0 aliphatic rings. The predicted molar refractivity (Wildman–Crippen MR) is 121 cm³/mol. The van der Waals surface area contributed by atoms with Crippen molar-refractivity contribution in [2.75, 3.05) is 36.3 Å². The zero-order valence-corrected chi connectivity index (χ0v) is 18.1. The molecule has 0 unspecified atom stereocenters. The van der Waals surface area contributed by atoms with E-state index in [2.05, 4.69) is 16.0 Å². The van der Waals surface area contributed by atoms with Gasteiger partial charge in [0.25, 0.3) is 5.91 Å². The van der Waals surface area contributed by atoms with Crippen molar-refractivity contribution in [3.05, 3.63) is 60.6 Å². The summed E-state index contributed by atoms with van der Waals surface area (Å²) >= 11 is 0. The van der Waals surface area contributed by atoms with Gasteiger partial charge in [0.15, 0.2) is 5.76 Å². The van der Waals surface area contributed by atoms with Crippen LogP contribution in [0.3, 0.4) is 0 Å². The maximum atomic E-state index is 12.6. The van der Waals surface area contributed by atoms with E-state index in [0.717, 1.165) is 0 Å². The third-order valence-electron chi connectivity index (χ3n) is 4.28. The number of para-hydroxylation sites is 2. The molecule has 0 radical (unpaired) electrons. The average Bonchev–Trinajstić information content (AvgIpc) is 3.32. The SMILES string of the molecule is CCOc1cc(NC(=O)c2ccco2)c(OCC)cc1NC(=O)Nc1ccccc1OC. The third kappa shape index (κ3) is 5.51. The molecule has 0 spiro atoms. The highest BCUT2D eigenvalue weighted by Gasteiger charge is 2.18. The molecule has 0 aliphatic carbocycles. The first-order chi connectivity index (χ1) is 15.5. The summed E-state index contributed by atoms with van der Waals surface area (Å²) in [4.78, 5) is 25.1. The number of benzene rings is 2. The van der Waals surface area contributed by atoms with Gasteiger partial charge in [-0.05, 0) is 38.1 Å². The fourth-order valence-electron chi connectivity index (χ4n) is 2.92. The molecule has 1 aromatic heterocycles. The van der Waals surface area contributed by atoms with Crippen LogP contribution in [-0.2, 0) is 0 Å². The Morgan fingerprint density at radius 3 is 2.03 bits per heavy atom. The molecular formula is C23H25N3O6. The van der Waals surface area contributed by atoms with Gasteiger partial charge in [0.2, 0.25) is 0 Å². The van der Waals surface area contributed by atoms with E-state index in [1.54, 1.807) is 48.5 Å². The largest absolute Gasteiger partial charge is 0.495 e. The Kier molecular flexibility index (Phi) is 7.58. The van der Waals surface area contributed by atoms with Crippen LogP contribution in [0.5, 0.6) is 17.2 Å². The smallest absolute Gasteiger partial charge is 0.323 e. The molecule has 0 saturated carbocycles. The molecular weight excluding hydrogens is 414 g/mol. The lowest BCUT2D eigenvalue weighted by Crippen LogP contribution is -2.20. The normalized spacial score (nSPS) is 10.2. The van der Waals surface area contributed by atoms with E-state index in [4.69, 9.17) is 18.6 Å². The second-order valence-corrected chi connectivity index (χ2v) is 6.42. The van der Waals surface area contributed by atoms with Crippen molar-refractivity contribution in [1.29, 1.82) is 0 Å². The Labute approximate surface area is 185 Å². The first-order valence-corrected chi connectivity index (χ1v) is 10.0. The van der Waals surface area contributed by atoms with Crippen LogP contribution in [0.2, 0.25) is 0 Å². The van der Waals surface area contributed by atoms with Crippen LogP contribution in [0.1, 0.15) is 24.4 Å². The van der Waals surface area contributed by atoms with Crippen molar-refractivity contribution in [3.8, 4) is 17.2 Å². The number of anilines is 3. The van der Waals surface area contributed by atoms with E-state index in [9.17, 15) is 9.59 Å². The fourth-order valence-corrected chi connectivity index (χ4v) is 2.92. The Bertz CT molecular complexity index is 1070. The maximum Gasteiger partial charge on any atom is 0.323 e. The fraction of sp³-hybridized carbons (Fsp3) is 0.217. The Morgan fingerprint density at radius 2 is 1.44 bits per heavy atom. The standard InChI is InChI=1S/C23H25N3O6/c1-4-30-20-14-17(26-23(28)25-15-9-6-7-10-18(15)29-3)21(31-5-2)13-16(20)24-22(27)19-11-8-12-32-19/h6-14H,4-5H2,1-3H3,(H,24,27)(H2,25,26,28). The highest BCUT2D eigenvalue weighted by Crippen LogP contribution is 2.37. The van der Waals surface area contributed by atoms with E-state index in [-0.39, 0.29) is 5.76 Å². The van der Waals surface area contributed by atoms with E-state index >= 15 is 0 Å². The molecule has 168 valence electrons. The van der Waals surface area contributed by atoms with E-state index in [1.165, 1.54) is 13.4 Å². The number of ether oxygens (including phenoxy) is 3. The van der Waals surface area contributed by atoms with Crippen molar-refractivity contribution in [1.82, 2.24) is 0 Å². The van der Waals surface area contributed by atoms with Crippen LogP contribution >= 0.6 is 0 Å². The number of hydrogen-bond acceptors (Lipinski definition) is 6. The number of carbonyl (C=O) groups excluding carboxylic acids is 2. The van der Waals surface area contributed by atoms with Crippen LogP contribution in [0.4, 0.5) is 21.9 Å². The van der Waals surface area contributed by atoms with Gasteiger partial charge in [-0.2, -0.15) is 0 Å². The van der Waals surface area contributed by atoms with Gasteiger partial charge in [-0.3, -0.25) is 4.79 Å². The van der Waals surface area contributed by atoms with Gasteiger partial charge in [-0.15, -0.1) is 0 Å². The molecule has 32 heavy (non-hydrogen) atoms. The summed E-state index contributed by atoms with van der Waals surface area (Å²) in [5.41, 5.74) is 1.27. The molecule has 0 aliphatic heterocycles. The molecule has 9 heteroatoms. The Balaban J connectivity index is 1.86. The quantitative estimate of drug-likeness (QED) is 0.434. The maximum absolute atomic E-state index is 12.6. The molecule has 0 atom stereocenters. The topological polar surface area (TPSA) is 111 Å².